The molecule has 0 saturated heterocycles. The van der Waals surface area contributed by atoms with Gasteiger partial charge >= 0.3 is 0 Å². The standard InChI is InChI=1S/C13H16Cl2N2O/c1-18-8-3-2-7-17-12(9-14)16-11-6-4-5-10(15)13(11)17/h4-6H,2-3,7-9H2,1H3. The predicted octanol–water partition coefficient (Wildman–Crippen LogP) is 3.86. The molecular weight excluding hydrogens is 271 g/mol. The van der Waals surface area contributed by atoms with Gasteiger partial charge in [-0.1, -0.05) is 17.7 Å². The molecule has 1 aromatic carbocycles. The Kier molecular flexibility index (Phi) is 4.87. The molecule has 0 bridgehead atoms. The van der Waals surface area contributed by atoms with Crippen LogP contribution in [0, 0.1) is 0 Å². The highest BCUT2D eigenvalue weighted by molar-refractivity contribution is 6.35. The highest BCUT2D eigenvalue weighted by Gasteiger charge is 2.12. The minimum absolute atomic E-state index is 0.398. The van der Waals surface area contributed by atoms with Gasteiger partial charge in [0.25, 0.3) is 0 Å². The van der Waals surface area contributed by atoms with Gasteiger partial charge in [0.2, 0.25) is 0 Å². The van der Waals surface area contributed by atoms with Gasteiger partial charge in [-0.2, -0.15) is 0 Å². The minimum atomic E-state index is 0.398. The van der Waals surface area contributed by atoms with Gasteiger partial charge in [0, 0.05) is 20.3 Å². The zero-order valence-electron chi connectivity index (χ0n) is 10.3. The van der Waals surface area contributed by atoms with Crippen LogP contribution < -0.4 is 0 Å². The summed E-state index contributed by atoms with van der Waals surface area (Å²) in [5, 5.41) is 0.725. The second kappa shape index (κ2) is 6.41. The summed E-state index contributed by atoms with van der Waals surface area (Å²) in [6.45, 7) is 1.64. The smallest absolute Gasteiger partial charge is 0.124 e. The first kappa shape index (κ1) is 13.7. The molecule has 0 amide bonds. The van der Waals surface area contributed by atoms with Crippen molar-refractivity contribution in [3.05, 3.63) is 29.0 Å². The number of methoxy groups -OCH3 is 1. The molecule has 0 atom stereocenters. The summed E-state index contributed by atoms with van der Waals surface area (Å²) in [7, 11) is 1.72. The van der Waals surface area contributed by atoms with E-state index in [4.69, 9.17) is 27.9 Å². The zero-order chi connectivity index (χ0) is 13.0. The lowest BCUT2D eigenvalue weighted by atomic mass is 10.3. The van der Waals surface area contributed by atoms with Crippen molar-refractivity contribution < 1.29 is 4.74 Å². The summed E-state index contributed by atoms with van der Waals surface area (Å²) in [5.41, 5.74) is 1.89. The van der Waals surface area contributed by atoms with Crippen LogP contribution in [-0.2, 0) is 17.2 Å². The Bertz CT molecular complexity index is 525. The Morgan fingerprint density at radius 2 is 2.17 bits per heavy atom. The second-order valence-electron chi connectivity index (χ2n) is 4.12. The molecule has 0 fully saturated rings. The van der Waals surface area contributed by atoms with E-state index in [0.29, 0.717) is 5.88 Å². The molecule has 98 valence electrons. The fourth-order valence-electron chi connectivity index (χ4n) is 2.05. The lowest BCUT2D eigenvalue weighted by molar-refractivity contribution is 0.191. The third kappa shape index (κ3) is 2.79. The van der Waals surface area contributed by atoms with Gasteiger partial charge in [0.1, 0.15) is 5.82 Å². The van der Waals surface area contributed by atoms with Crippen LogP contribution in [0.1, 0.15) is 18.7 Å². The van der Waals surface area contributed by atoms with E-state index in [1.807, 2.05) is 18.2 Å². The first-order valence-corrected chi connectivity index (χ1v) is 6.87. The van der Waals surface area contributed by atoms with Crippen molar-refractivity contribution in [2.45, 2.75) is 25.3 Å². The van der Waals surface area contributed by atoms with Crippen molar-refractivity contribution >= 4 is 34.2 Å². The van der Waals surface area contributed by atoms with Crippen LogP contribution in [0.4, 0.5) is 0 Å². The maximum absolute atomic E-state index is 6.24. The molecule has 2 aromatic rings. The number of hydrogen-bond acceptors (Lipinski definition) is 2. The SMILES string of the molecule is COCCCCn1c(CCl)nc2cccc(Cl)c21. The number of ether oxygens (including phenoxy) is 1. The average Bonchev–Trinajstić information content (AvgIpc) is 2.74. The number of aromatic nitrogens is 2. The van der Waals surface area contributed by atoms with E-state index in [-0.39, 0.29) is 0 Å². The first-order valence-electron chi connectivity index (χ1n) is 5.96. The van der Waals surface area contributed by atoms with Crippen LogP contribution in [-0.4, -0.2) is 23.3 Å². The Balaban J connectivity index is 2.28. The minimum Gasteiger partial charge on any atom is -0.385 e. The van der Waals surface area contributed by atoms with Gasteiger partial charge in [-0.3, -0.25) is 0 Å². The normalized spacial score (nSPS) is 11.3. The number of fused-ring (bicyclic) bond motifs is 1. The van der Waals surface area contributed by atoms with E-state index in [9.17, 15) is 0 Å². The van der Waals surface area contributed by atoms with Crippen molar-refractivity contribution in [1.29, 1.82) is 0 Å². The third-order valence-corrected chi connectivity index (χ3v) is 3.44. The van der Waals surface area contributed by atoms with E-state index in [2.05, 4.69) is 9.55 Å². The van der Waals surface area contributed by atoms with E-state index < -0.39 is 0 Å². The van der Waals surface area contributed by atoms with E-state index in [1.165, 1.54) is 0 Å². The third-order valence-electron chi connectivity index (χ3n) is 2.90. The first-order chi connectivity index (χ1) is 8.77. The maximum atomic E-state index is 6.24. The number of benzene rings is 1. The quantitative estimate of drug-likeness (QED) is 0.596. The molecule has 0 radical (unpaired) electrons. The molecule has 1 heterocycles. The zero-order valence-corrected chi connectivity index (χ0v) is 11.8. The molecular formula is C13H16Cl2N2O. The molecule has 18 heavy (non-hydrogen) atoms. The van der Waals surface area contributed by atoms with Gasteiger partial charge in [-0.25, -0.2) is 4.98 Å². The van der Waals surface area contributed by atoms with Crippen LogP contribution in [0.5, 0.6) is 0 Å². The van der Waals surface area contributed by atoms with Crippen molar-refractivity contribution in [2.24, 2.45) is 0 Å². The molecule has 3 nitrogen and oxygen atoms in total. The number of halogens is 2. The van der Waals surface area contributed by atoms with Gasteiger partial charge in [0.05, 0.1) is 21.9 Å². The number of rotatable bonds is 6. The number of imidazole rings is 1. The monoisotopic (exact) mass is 286 g/mol. The molecule has 0 saturated carbocycles. The molecule has 0 unspecified atom stereocenters. The van der Waals surface area contributed by atoms with Gasteiger partial charge in [0.15, 0.2) is 0 Å². The van der Waals surface area contributed by atoms with Crippen molar-refractivity contribution in [3.8, 4) is 0 Å². The Morgan fingerprint density at radius 1 is 1.33 bits per heavy atom. The highest BCUT2D eigenvalue weighted by Crippen LogP contribution is 2.25. The fraction of sp³-hybridized carbons (Fsp3) is 0.462. The van der Waals surface area contributed by atoms with Crippen LogP contribution in [0.2, 0.25) is 5.02 Å². The second-order valence-corrected chi connectivity index (χ2v) is 4.80. The predicted molar refractivity (Wildman–Crippen MR) is 75.4 cm³/mol. The Morgan fingerprint density at radius 3 is 2.89 bits per heavy atom. The van der Waals surface area contributed by atoms with Crippen LogP contribution in [0.25, 0.3) is 11.0 Å². The summed E-state index contributed by atoms with van der Waals surface area (Å²) in [5.74, 6) is 1.27. The largest absolute Gasteiger partial charge is 0.385 e. The lowest BCUT2D eigenvalue weighted by Crippen LogP contribution is -2.04. The summed E-state index contributed by atoms with van der Waals surface area (Å²) in [4.78, 5) is 4.51. The maximum Gasteiger partial charge on any atom is 0.124 e. The van der Waals surface area contributed by atoms with Crippen LogP contribution in [0.3, 0.4) is 0 Å². The molecule has 5 heteroatoms. The number of alkyl halides is 1. The highest BCUT2D eigenvalue weighted by atomic mass is 35.5. The molecule has 2 rings (SSSR count). The molecule has 0 aliphatic rings. The Labute approximate surface area is 117 Å². The van der Waals surface area contributed by atoms with Crippen LogP contribution >= 0.6 is 23.2 Å². The van der Waals surface area contributed by atoms with Crippen LogP contribution in [0.15, 0.2) is 18.2 Å². The summed E-state index contributed by atoms with van der Waals surface area (Å²) in [6, 6.07) is 5.75. The van der Waals surface area contributed by atoms with Gasteiger partial charge in [-0.15, -0.1) is 11.6 Å². The van der Waals surface area contributed by atoms with Gasteiger partial charge < -0.3 is 9.30 Å². The number of aryl methyl sites for hydroxylation is 1. The van der Waals surface area contributed by atoms with E-state index >= 15 is 0 Å². The number of unbranched alkanes of at least 4 members (excludes halogenated alkanes) is 1. The number of nitrogens with zero attached hydrogens (tertiary/aromatic N) is 2. The van der Waals surface area contributed by atoms with Crippen molar-refractivity contribution in [3.63, 3.8) is 0 Å². The Hall–Kier alpha value is -0.770. The number of hydrogen-bond donors (Lipinski definition) is 0. The molecule has 0 N–H and O–H groups in total. The molecule has 0 aliphatic carbocycles. The van der Waals surface area contributed by atoms with Gasteiger partial charge in [-0.05, 0) is 25.0 Å². The van der Waals surface area contributed by atoms with E-state index in [1.54, 1.807) is 7.11 Å². The average molecular weight is 287 g/mol. The molecule has 1 aromatic heterocycles. The summed E-state index contributed by atoms with van der Waals surface area (Å²) >= 11 is 12.2. The van der Waals surface area contributed by atoms with Crippen molar-refractivity contribution in [2.75, 3.05) is 13.7 Å². The summed E-state index contributed by atoms with van der Waals surface area (Å²) in [6.07, 6.45) is 2.04. The fourth-order valence-corrected chi connectivity index (χ4v) is 2.52. The topological polar surface area (TPSA) is 27.1 Å². The molecule has 0 spiro atoms. The molecule has 0 aliphatic heterocycles. The van der Waals surface area contributed by atoms with E-state index in [0.717, 1.165) is 47.9 Å². The van der Waals surface area contributed by atoms with Crippen molar-refractivity contribution in [1.82, 2.24) is 9.55 Å². The number of para-hydroxylation sites is 1. The lowest BCUT2D eigenvalue weighted by Gasteiger charge is -2.08. The summed E-state index contributed by atoms with van der Waals surface area (Å²) < 4.78 is 7.16.